The van der Waals surface area contributed by atoms with Crippen LogP contribution in [-0.4, -0.2) is 14.7 Å². The number of hydrogen-bond acceptors (Lipinski definition) is 2. The molecule has 1 aliphatic carbocycles. The average molecular weight is 166 g/mol. The van der Waals surface area contributed by atoms with Gasteiger partial charge in [0.05, 0.1) is 5.69 Å². The van der Waals surface area contributed by atoms with E-state index in [1.807, 2.05) is 0 Å². The highest BCUT2D eigenvalue weighted by molar-refractivity contribution is 5.29. The molecule has 2 heterocycles. The summed E-state index contributed by atoms with van der Waals surface area (Å²) in [6.07, 6.45) is 3.26. The van der Waals surface area contributed by atoms with Crippen LogP contribution in [0.3, 0.4) is 0 Å². The molecule has 0 aromatic carbocycles. The van der Waals surface area contributed by atoms with Gasteiger partial charge < -0.3 is 5.11 Å². The molecule has 2 aliphatic rings. The first-order valence-corrected chi connectivity index (χ1v) is 4.30. The van der Waals surface area contributed by atoms with Gasteiger partial charge in [-0.2, -0.15) is 0 Å². The van der Waals surface area contributed by atoms with Gasteiger partial charge >= 0.3 is 5.69 Å². The molecule has 2 unspecified atom stereocenters. The van der Waals surface area contributed by atoms with Gasteiger partial charge in [0.1, 0.15) is 0 Å². The van der Waals surface area contributed by atoms with Crippen molar-refractivity contribution >= 4 is 0 Å². The monoisotopic (exact) mass is 166 g/mol. The summed E-state index contributed by atoms with van der Waals surface area (Å²) in [6, 6.07) is 0.356. The lowest BCUT2D eigenvalue weighted by atomic mass is 10.1. The van der Waals surface area contributed by atoms with Crippen LogP contribution in [0.4, 0.5) is 0 Å². The van der Waals surface area contributed by atoms with Gasteiger partial charge in [-0.25, -0.2) is 4.79 Å². The number of hydrogen-bond donors (Lipinski definition) is 2. The molecule has 3 rings (SSSR count). The van der Waals surface area contributed by atoms with Gasteiger partial charge in [0.2, 0.25) is 5.88 Å². The van der Waals surface area contributed by atoms with Gasteiger partial charge in [0.25, 0.3) is 0 Å². The molecule has 1 aliphatic heterocycles. The second kappa shape index (κ2) is 1.76. The molecule has 0 radical (unpaired) electrons. The SMILES string of the molecule is O=c1[nH]c(O)c2n1C1CCC2C1. The second-order valence-corrected chi connectivity index (χ2v) is 3.70. The third-order valence-corrected chi connectivity index (χ3v) is 3.10. The molecule has 4 nitrogen and oxygen atoms in total. The predicted octanol–water partition coefficient (Wildman–Crippen LogP) is 0.704. The Hall–Kier alpha value is -1.19. The molecular formula is C8H10N2O2. The van der Waals surface area contributed by atoms with Crippen molar-refractivity contribution in [2.45, 2.75) is 31.2 Å². The van der Waals surface area contributed by atoms with Crippen LogP contribution < -0.4 is 5.69 Å². The lowest BCUT2D eigenvalue weighted by molar-refractivity contribution is 0.439. The van der Waals surface area contributed by atoms with Crippen molar-refractivity contribution in [2.75, 3.05) is 0 Å². The first kappa shape index (κ1) is 6.34. The van der Waals surface area contributed by atoms with E-state index in [-0.39, 0.29) is 11.6 Å². The van der Waals surface area contributed by atoms with Crippen molar-refractivity contribution in [1.29, 1.82) is 0 Å². The molecule has 1 saturated carbocycles. The summed E-state index contributed by atoms with van der Waals surface area (Å²) in [6.45, 7) is 0. The van der Waals surface area contributed by atoms with Crippen LogP contribution in [0, 0.1) is 0 Å². The number of aromatic nitrogens is 2. The Morgan fingerprint density at radius 1 is 1.50 bits per heavy atom. The zero-order valence-corrected chi connectivity index (χ0v) is 6.58. The van der Waals surface area contributed by atoms with E-state index in [4.69, 9.17) is 0 Å². The Kier molecular flexibility index (Phi) is 0.929. The number of nitrogens with zero attached hydrogens (tertiary/aromatic N) is 1. The largest absolute Gasteiger partial charge is 0.493 e. The first-order valence-electron chi connectivity index (χ1n) is 4.30. The number of aromatic hydroxyl groups is 1. The minimum absolute atomic E-state index is 0.0900. The summed E-state index contributed by atoms with van der Waals surface area (Å²) in [5.74, 6) is 0.515. The van der Waals surface area contributed by atoms with Gasteiger partial charge in [-0.1, -0.05) is 0 Å². The van der Waals surface area contributed by atoms with Gasteiger partial charge in [-0.05, 0) is 19.3 Å². The molecule has 1 aromatic heterocycles. The quantitative estimate of drug-likeness (QED) is 0.596. The highest BCUT2D eigenvalue weighted by atomic mass is 16.3. The minimum atomic E-state index is -0.144. The van der Waals surface area contributed by atoms with Gasteiger partial charge in [-0.15, -0.1) is 0 Å². The average Bonchev–Trinajstić information content (AvgIpc) is 2.64. The fourth-order valence-corrected chi connectivity index (χ4v) is 2.64. The zero-order valence-electron chi connectivity index (χ0n) is 6.58. The maximum Gasteiger partial charge on any atom is 0.328 e. The summed E-state index contributed by atoms with van der Waals surface area (Å²) in [7, 11) is 0. The van der Waals surface area contributed by atoms with E-state index in [9.17, 15) is 9.90 Å². The van der Waals surface area contributed by atoms with Crippen molar-refractivity contribution in [3.63, 3.8) is 0 Å². The number of nitrogens with one attached hydrogen (secondary N) is 1. The Morgan fingerprint density at radius 2 is 2.33 bits per heavy atom. The lowest BCUT2D eigenvalue weighted by Crippen LogP contribution is -2.20. The molecule has 1 fully saturated rings. The molecule has 4 heteroatoms. The number of fused-ring (bicyclic) bond motifs is 5. The molecule has 2 bridgehead atoms. The summed E-state index contributed by atoms with van der Waals surface area (Å²) in [4.78, 5) is 13.7. The number of rotatable bonds is 0. The van der Waals surface area contributed by atoms with Gasteiger partial charge in [0.15, 0.2) is 0 Å². The molecule has 2 N–H and O–H groups in total. The topological polar surface area (TPSA) is 58.0 Å². The minimum Gasteiger partial charge on any atom is -0.493 e. The second-order valence-electron chi connectivity index (χ2n) is 3.70. The van der Waals surface area contributed by atoms with E-state index in [0.717, 1.165) is 25.0 Å². The molecule has 0 spiro atoms. The molecule has 64 valence electrons. The summed E-state index contributed by atoms with van der Waals surface area (Å²) in [5.41, 5.74) is 0.700. The van der Waals surface area contributed by atoms with Crippen molar-refractivity contribution in [2.24, 2.45) is 0 Å². The number of imidazole rings is 1. The van der Waals surface area contributed by atoms with E-state index >= 15 is 0 Å². The smallest absolute Gasteiger partial charge is 0.328 e. The van der Waals surface area contributed by atoms with E-state index in [1.54, 1.807) is 4.57 Å². The third kappa shape index (κ3) is 0.531. The molecule has 0 saturated heterocycles. The van der Waals surface area contributed by atoms with E-state index in [2.05, 4.69) is 4.98 Å². The van der Waals surface area contributed by atoms with Crippen molar-refractivity contribution in [3.8, 4) is 5.88 Å². The van der Waals surface area contributed by atoms with E-state index in [0.29, 0.717) is 12.0 Å². The molecule has 12 heavy (non-hydrogen) atoms. The highest BCUT2D eigenvalue weighted by Gasteiger charge is 2.40. The summed E-state index contributed by atoms with van der Waals surface area (Å²) in [5, 5.41) is 9.40. The highest BCUT2D eigenvalue weighted by Crippen LogP contribution is 2.49. The fraction of sp³-hybridized carbons (Fsp3) is 0.625. The first-order chi connectivity index (χ1) is 5.77. The van der Waals surface area contributed by atoms with Crippen LogP contribution in [0.5, 0.6) is 5.88 Å². The van der Waals surface area contributed by atoms with Crippen molar-refractivity contribution in [3.05, 3.63) is 16.2 Å². The normalized spacial score (nSPS) is 31.0. The molecule has 2 atom stereocenters. The Morgan fingerprint density at radius 3 is 3.08 bits per heavy atom. The van der Waals surface area contributed by atoms with Crippen LogP contribution in [0.15, 0.2) is 4.79 Å². The summed E-state index contributed by atoms with van der Waals surface area (Å²) < 4.78 is 1.73. The fourth-order valence-electron chi connectivity index (χ4n) is 2.64. The lowest BCUT2D eigenvalue weighted by Gasteiger charge is -2.11. The maximum atomic E-state index is 11.3. The van der Waals surface area contributed by atoms with Gasteiger partial charge in [0, 0.05) is 12.0 Å². The molecule has 1 aromatic rings. The Balaban J connectivity index is 2.35. The Bertz CT molecular complexity index is 390. The predicted molar refractivity (Wildman–Crippen MR) is 42.3 cm³/mol. The van der Waals surface area contributed by atoms with Crippen LogP contribution in [0.1, 0.15) is 36.9 Å². The van der Waals surface area contributed by atoms with E-state index < -0.39 is 0 Å². The van der Waals surface area contributed by atoms with Crippen LogP contribution >= 0.6 is 0 Å². The van der Waals surface area contributed by atoms with Crippen LogP contribution in [0.25, 0.3) is 0 Å². The zero-order chi connectivity index (χ0) is 8.29. The van der Waals surface area contributed by atoms with Crippen LogP contribution in [-0.2, 0) is 0 Å². The molecular weight excluding hydrogens is 156 g/mol. The maximum absolute atomic E-state index is 11.3. The van der Waals surface area contributed by atoms with Crippen LogP contribution in [0.2, 0.25) is 0 Å². The van der Waals surface area contributed by atoms with Gasteiger partial charge in [-0.3, -0.25) is 9.55 Å². The Labute approximate surface area is 68.8 Å². The summed E-state index contributed by atoms with van der Waals surface area (Å²) >= 11 is 0. The standard InChI is InChI=1S/C8H10N2O2/c11-7-6-4-1-2-5(3-4)10(6)8(12)9-7/h4-5,11H,1-3H2,(H,9,12). The van der Waals surface area contributed by atoms with Crippen molar-refractivity contribution < 1.29 is 5.11 Å². The third-order valence-electron chi connectivity index (χ3n) is 3.10. The van der Waals surface area contributed by atoms with Crippen molar-refractivity contribution in [1.82, 2.24) is 9.55 Å². The van der Waals surface area contributed by atoms with E-state index in [1.165, 1.54) is 0 Å². The number of aromatic amines is 1. The molecule has 0 amide bonds. The number of H-pyrrole nitrogens is 1.